The van der Waals surface area contributed by atoms with E-state index in [0.717, 1.165) is 22.7 Å². The van der Waals surface area contributed by atoms with Crippen molar-refractivity contribution in [3.63, 3.8) is 0 Å². The maximum Gasteiger partial charge on any atom is 0.107 e. The molecular weight excluding hydrogens is 296 g/mol. The minimum Gasteiger partial charge on any atom is -0.389 e. The molecule has 0 saturated carbocycles. The lowest BCUT2D eigenvalue weighted by Gasteiger charge is -2.26. The van der Waals surface area contributed by atoms with E-state index in [4.69, 9.17) is 18.0 Å². The lowest BCUT2D eigenvalue weighted by atomic mass is 9.86. The Morgan fingerprint density at radius 1 is 1.33 bits per heavy atom. The highest BCUT2D eigenvalue weighted by Crippen LogP contribution is 2.29. The Morgan fingerprint density at radius 3 is 2.62 bits per heavy atom. The number of thioether (sulfide) groups is 1. The van der Waals surface area contributed by atoms with Crippen LogP contribution in [-0.4, -0.2) is 17.8 Å². The highest BCUT2D eigenvalue weighted by molar-refractivity contribution is 7.98. The van der Waals surface area contributed by atoms with Crippen molar-refractivity contribution in [2.24, 2.45) is 11.1 Å². The van der Waals surface area contributed by atoms with Crippen LogP contribution in [0.3, 0.4) is 0 Å². The highest BCUT2D eigenvalue weighted by atomic mass is 32.2. The molecule has 0 aliphatic rings. The fraction of sp³-hybridized carbons (Fsp3) is 0.588. The number of nitrogens with two attached hydrogens (primary N) is 1. The first-order valence-corrected chi connectivity index (χ1v) is 9.25. The van der Waals surface area contributed by atoms with Gasteiger partial charge in [0.2, 0.25) is 0 Å². The van der Waals surface area contributed by atoms with Gasteiger partial charge in [0.1, 0.15) is 4.99 Å². The Hall–Kier alpha value is -0.740. The van der Waals surface area contributed by atoms with Crippen molar-refractivity contribution in [1.29, 1.82) is 0 Å². The smallest absolute Gasteiger partial charge is 0.107 e. The van der Waals surface area contributed by atoms with Gasteiger partial charge >= 0.3 is 0 Å². The number of rotatable bonds is 9. The summed E-state index contributed by atoms with van der Waals surface area (Å²) in [6.07, 6.45) is 7.15. The van der Waals surface area contributed by atoms with E-state index in [-0.39, 0.29) is 5.41 Å². The minimum absolute atomic E-state index is 0.276. The van der Waals surface area contributed by atoms with Gasteiger partial charge in [0.25, 0.3) is 0 Å². The van der Waals surface area contributed by atoms with E-state index in [2.05, 4.69) is 50.5 Å². The summed E-state index contributed by atoms with van der Waals surface area (Å²) >= 11 is 6.90. The van der Waals surface area contributed by atoms with Crippen molar-refractivity contribution in [3.05, 3.63) is 23.8 Å². The van der Waals surface area contributed by atoms with Crippen molar-refractivity contribution >= 4 is 34.7 Å². The van der Waals surface area contributed by atoms with Crippen LogP contribution in [0, 0.1) is 5.41 Å². The molecule has 0 unspecified atom stereocenters. The number of benzene rings is 1. The van der Waals surface area contributed by atoms with Crippen molar-refractivity contribution in [2.45, 2.75) is 51.3 Å². The van der Waals surface area contributed by atoms with E-state index in [1.807, 2.05) is 0 Å². The standard InChI is InChI=1S/C17H28N2S2/c1-5-6-7-11-17(2,3)12-19-13-9-8-10-14(21-4)15(13)16(18)20/h8-10,19H,5-7,11-12H2,1-4H3,(H2,18,20). The molecular formula is C17H28N2S2. The minimum atomic E-state index is 0.276. The van der Waals surface area contributed by atoms with Crippen molar-refractivity contribution in [3.8, 4) is 0 Å². The number of anilines is 1. The van der Waals surface area contributed by atoms with Gasteiger partial charge in [-0.05, 0) is 30.2 Å². The largest absolute Gasteiger partial charge is 0.389 e. The third-order valence-corrected chi connectivity index (χ3v) is 4.69. The van der Waals surface area contributed by atoms with Gasteiger partial charge in [0.15, 0.2) is 0 Å². The Kier molecular flexibility index (Phi) is 7.53. The molecule has 0 fully saturated rings. The van der Waals surface area contributed by atoms with Crippen molar-refractivity contribution in [1.82, 2.24) is 0 Å². The van der Waals surface area contributed by atoms with Crippen LogP contribution in [0.4, 0.5) is 5.69 Å². The molecule has 0 aliphatic carbocycles. The van der Waals surface area contributed by atoms with Crippen LogP contribution in [0.2, 0.25) is 0 Å². The summed E-state index contributed by atoms with van der Waals surface area (Å²) in [5, 5.41) is 3.56. The number of thiocarbonyl (C=S) groups is 1. The highest BCUT2D eigenvalue weighted by Gasteiger charge is 2.18. The van der Waals surface area contributed by atoms with E-state index in [9.17, 15) is 0 Å². The zero-order valence-electron chi connectivity index (χ0n) is 13.7. The molecule has 0 spiro atoms. The van der Waals surface area contributed by atoms with Gasteiger partial charge in [0.05, 0.1) is 0 Å². The molecule has 3 N–H and O–H groups in total. The predicted octanol–water partition coefficient (Wildman–Crippen LogP) is 5.06. The molecule has 118 valence electrons. The number of hydrogen-bond donors (Lipinski definition) is 2. The Balaban J connectivity index is 2.77. The molecule has 0 atom stereocenters. The summed E-state index contributed by atoms with van der Waals surface area (Å²) in [5.74, 6) is 0. The third-order valence-electron chi connectivity index (χ3n) is 3.71. The molecule has 1 aromatic rings. The third kappa shape index (κ3) is 5.87. The van der Waals surface area contributed by atoms with Crippen molar-refractivity contribution in [2.75, 3.05) is 18.1 Å². The second kappa shape index (κ2) is 8.64. The molecule has 0 saturated heterocycles. The van der Waals surface area contributed by atoms with Gasteiger partial charge < -0.3 is 11.1 Å². The SMILES string of the molecule is CCCCCC(C)(C)CNc1cccc(SC)c1C(N)=S. The summed E-state index contributed by atoms with van der Waals surface area (Å²) in [6, 6.07) is 6.19. The number of nitrogens with one attached hydrogen (secondary N) is 1. The first-order chi connectivity index (χ1) is 9.91. The van der Waals surface area contributed by atoms with E-state index in [1.54, 1.807) is 11.8 Å². The van der Waals surface area contributed by atoms with Gasteiger partial charge in [-0.15, -0.1) is 11.8 Å². The normalized spacial score (nSPS) is 11.4. The Labute approximate surface area is 139 Å². The molecule has 1 aromatic carbocycles. The molecule has 2 nitrogen and oxygen atoms in total. The second-order valence-corrected chi connectivity index (χ2v) is 7.51. The maximum absolute atomic E-state index is 5.91. The van der Waals surface area contributed by atoms with E-state index < -0.39 is 0 Å². The lowest BCUT2D eigenvalue weighted by molar-refractivity contribution is 0.342. The lowest BCUT2D eigenvalue weighted by Crippen LogP contribution is -2.24. The van der Waals surface area contributed by atoms with Gasteiger partial charge in [-0.1, -0.05) is 58.3 Å². The summed E-state index contributed by atoms with van der Waals surface area (Å²) < 4.78 is 0. The summed E-state index contributed by atoms with van der Waals surface area (Å²) in [6.45, 7) is 7.81. The quantitative estimate of drug-likeness (QED) is 0.378. The maximum atomic E-state index is 5.91. The van der Waals surface area contributed by atoms with E-state index in [1.165, 1.54) is 25.7 Å². The Morgan fingerprint density at radius 2 is 2.05 bits per heavy atom. The summed E-state index contributed by atoms with van der Waals surface area (Å²) in [7, 11) is 0. The van der Waals surface area contributed by atoms with Gasteiger partial charge in [0, 0.05) is 22.7 Å². The predicted molar refractivity (Wildman–Crippen MR) is 101 cm³/mol. The van der Waals surface area contributed by atoms with Crippen LogP contribution in [0.1, 0.15) is 52.0 Å². The topological polar surface area (TPSA) is 38.0 Å². The average Bonchev–Trinajstić information content (AvgIpc) is 2.44. The molecule has 0 bridgehead atoms. The zero-order valence-corrected chi connectivity index (χ0v) is 15.3. The molecule has 4 heteroatoms. The molecule has 0 radical (unpaired) electrons. The fourth-order valence-electron chi connectivity index (χ4n) is 2.38. The number of unbranched alkanes of at least 4 members (excludes halogenated alkanes) is 2. The molecule has 0 aromatic heterocycles. The van der Waals surface area contributed by atoms with Crippen LogP contribution >= 0.6 is 24.0 Å². The fourth-order valence-corrected chi connectivity index (χ4v) is 3.30. The molecule has 0 aliphatic heterocycles. The van der Waals surface area contributed by atoms with Gasteiger partial charge in [-0.3, -0.25) is 0 Å². The molecule has 1 rings (SSSR count). The van der Waals surface area contributed by atoms with Crippen LogP contribution in [0.15, 0.2) is 23.1 Å². The first-order valence-electron chi connectivity index (χ1n) is 7.62. The first kappa shape index (κ1) is 18.3. The Bertz CT molecular complexity index is 470. The van der Waals surface area contributed by atoms with Crippen LogP contribution in [-0.2, 0) is 0 Å². The van der Waals surface area contributed by atoms with Gasteiger partial charge in [-0.2, -0.15) is 0 Å². The van der Waals surface area contributed by atoms with Crippen LogP contribution < -0.4 is 11.1 Å². The van der Waals surface area contributed by atoms with Crippen LogP contribution in [0.25, 0.3) is 0 Å². The van der Waals surface area contributed by atoms with Gasteiger partial charge in [-0.25, -0.2) is 0 Å². The average molecular weight is 325 g/mol. The number of hydrogen-bond acceptors (Lipinski definition) is 3. The zero-order chi connectivity index (χ0) is 15.9. The summed E-state index contributed by atoms with van der Waals surface area (Å²) in [4.78, 5) is 1.60. The van der Waals surface area contributed by atoms with Crippen LogP contribution in [0.5, 0.6) is 0 Å². The van der Waals surface area contributed by atoms with Crippen molar-refractivity contribution < 1.29 is 0 Å². The molecule has 0 amide bonds. The second-order valence-electron chi connectivity index (χ2n) is 6.22. The molecule has 21 heavy (non-hydrogen) atoms. The molecule has 0 heterocycles. The van der Waals surface area contributed by atoms with E-state index in [0.29, 0.717) is 4.99 Å². The van der Waals surface area contributed by atoms with E-state index >= 15 is 0 Å². The monoisotopic (exact) mass is 324 g/mol. The summed E-state index contributed by atoms with van der Waals surface area (Å²) in [5.41, 5.74) is 8.21.